The maximum absolute atomic E-state index is 12.9. The van der Waals surface area contributed by atoms with Crippen molar-refractivity contribution in [3.8, 4) is 5.75 Å². The molecule has 19 heavy (non-hydrogen) atoms. The molecule has 1 atom stereocenters. The third-order valence-corrected chi connectivity index (χ3v) is 3.18. The van der Waals surface area contributed by atoms with Crippen LogP contribution in [0.1, 0.15) is 24.4 Å². The second-order valence-corrected chi connectivity index (χ2v) is 4.58. The quantitative estimate of drug-likeness (QED) is 0.869. The van der Waals surface area contributed by atoms with Crippen LogP contribution in [0.25, 0.3) is 0 Å². The van der Waals surface area contributed by atoms with Gasteiger partial charge in [-0.3, -0.25) is 0 Å². The zero-order valence-electron chi connectivity index (χ0n) is 11.1. The molecule has 0 radical (unpaired) electrons. The minimum atomic E-state index is -0.429. The summed E-state index contributed by atoms with van der Waals surface area (Å²) in [6.45, 7) is 2.67. The summed E-state index contributed by atoms with van der Waals surface area (Å²) >= 11 is 0. The van der Waals surface area contributed by atoms with E-state index >= 15 is 0 Å². The van der Waals surface area contributed by atoms with Gasteiger partial charge in [-0.2, -0.15) is 0 Å². The number of phenolic OH excluding ortho intramolecular Hbond substituents is 1. The third-order valence-electron chi connectivity index (χ3n) is 3.18. The van der Waals surface area contributed by atoms with Gasteiger partial charge >= 0.3 is 0 Å². The Morgan fingerprint density at radius 2 is 2.26 bits per heavy atom. The van der Waals surface area contributed by atoms with Crippen LogP contribution >= 0.6 is 0 Å². The molecule has 4 nitrogen and oxygen atoms in total. The first kappa shape index (κ1) is 13.5. The Morgan fingerprint density at radius 1 is 1.47 bits per heavy atom. The van der Waals surface area contributed by atoms with Crippen molar-refractivity contribution in [1.82, 2.24) is 14.9 Å². The lowest BCUT2D eigenvalue weighted by molar-refractivity contribution is 0.447. The predicted molar refractivity (Wildman–Crippen MR) is 71.4 cm³/mol. The first-order valence-corrected chi connectivity index (χ1v) is 6.26. The van der Waals surface area contributed by atoms with Crippen molar-refractivity contribution >= 4 is 0 Å². The van der Waals surface area contributed by atoms with Crippen LogP contribution in [-0.2, 0) is 13.5 Å². The summed E-state index contributed by atoms with van der Waals surface area (Å²) in [5.74, 6) is 0.557. The molecule has 1 unspecified atom stereocenters. The highest BCUT2D eigenvalue weighted by atomic mass is 19.1. The first-order chi connectivity index (χ1) is 9.08. The Hall–Kier alpha value is -1.88. The smallest absolute Gasteiger partial charge is 0.126 e. The lowest BCUT2D eigenvalue weighted by Gasteiger charge is -2.15. The molecule has 0 aliphatic rings. The Labute approximate surface area is 111 Å². The van der Waals surface area contributed by atoms with E-state index in [1.165, 1.54) is 6.07 Å². The van der Waals surface area contributed by atoms with E-state index in [9.17, 15) is 9.50 Å². The van der Waals surface area contributed by atoms with Gasteiger partial charge in [-0.05, 0) is 13.0 Å². The maximum Gasteiger partial charge on any atom is 0.126 e. The SMILES string of the molecule is CC(NCCc1nccn1C)c1ccc(F)cc1O. The molecule has 102 valence electrons. The molecule has 2 aromatic rings. The number of aryl methyl sites for hydroxylation is 1. The van der Waals surface area contributed by atoms with Gasteiger partial charge in [0.1, 0.15) is 17.4 Å². The summed E-state index contributed by atoms with van der Waals surface area (Å²) in [4.78, 5) is 4.24. The van der Waals surface area contributed by atoms with E-state index in [4.69, 9.17) is 0 Å². The average Bonchev–Trinajstić information content (AvgIpc) is 2.75. The van der Waals surface area contributed by atoms with E-state index < -0.39 is 5.82 Å². The summed E-state index contributed by atoms with van der Waals surface area (Å²) in [7, 11) is 1.96. The number of nitrogens with zero attached hydrogens (tertiary/aromatic N) is 2. The summed E-state index contributed by atoms with van der Waals surface area (Å²) in [5, 5.41) is 13.0. The predicted octanol–water partition coefficient (Wildman–Crippen LogP) is 2.16. The highest BCUT2D eigenvalue weighted by Gasteiger charge is 2.10. The minimum Gasteiger partial charge on any atom is -0.508 e. The first-order valence-electron chi connectivity index (χ1n) is 6.26. The van der Waals surface area contributed by atoms with Gasteiger partial charge < -0.3 is 15.0 Å². The normalized spacial score (nSPS) is 12.6. The molecular weight excluding hydrogens is 245 g/mol. The summed E-state index contributed by atoms with van der Waals surface area (Å²) in [6.07, 6.45) is 4.48. The van der Waals surface area contributed by atoms with Crippen LogP contribution in [0.4, 0.5) is 4.39 Å². The molecule has 2 rings (SSSR count). The second-order valence-electron chi connectivity index (χ2n) is 4.58. The Kier molecular flexibility index (Phi) is 4.16. The molecule has 0 amide bonds. The van der Waals surface area contributed by atoms with E-state index in [-0.39, 0.29) is 11.8 Å². The number of aromatic nitrogens is 2. The lowest BCUT2D eigenvalue weighted by Crippen LogP contribution is -2.22. The summed E-state index contributed by atoms with van der Waals surface area (Å²) < 4.78 is 14.9. The monoisotopic (exact) mass is 263 g/mol. The Balaban J connectivity index is 1.91. The van der Waals surface area contributed by atoms with Crippen LogP contribution in [0.3, 0.4) is 0 Å². The van der Waals surface area contributed by atoms with Gasteiger partial charge in [0.2, 0.25) is 0 Å². The van der Waals surface area contributed by atoms with Crippen LogP contribution in [0.2, 0.25) is 0 Å². The van der Waals surface area contributed by atoms with E-state index in [1.54, 1.807) is 12.3 Å². The van der Waals surface area contributed by atoms with Crippen molar-refractivity contribution in [3.05, 3.63) is 47.8 Å². The molecule has 0 aliphatic carbocycles. The van der Waals surface area contributed by atoms with Crippen molar-refractivity contribution in [3.63, 3.8) is 0 Å². The van der Waals surface area contributed by atoms with Crippen LogP contribution in [0.15, 0.2) is 30.6 Å². The number of benzene rings is 1. The summed E-state index contributed by atoms with van der Waals surface area (Å²) in [6, 6.07) is 4.04. The molecule has 0 saturated carbocycles. The Morgan fingerprint density at radius 3 is 2.89 bits per heavy atom. The fraction of sp³-hybridized carbons (Fsp3) is 0.357. The van der Waals surface area contributed by atoms with Gasteiger partial charge in [-0.1, -0.05) is 6.07 Å². The molecule has 2 N–H and O–H groups in total. The Bertz CT molecular complexity index is 553. The number of aromatic hydroxyl groups is 1. The van der Waals surface area contributed by atoms with Crippen molar-refractivity contribution in [2.75, 3.05) is 6.54 Å². The molecule has 0 bridgehead atoms. The molecule has 0 saturated heterocycles. The van der Waals surface area contributed by atoms with Crippen molar-refractivity contribution in [2.45, 2.75) is 19.4 Å². The van der Waals surface area contributed by atoms with Crippen LogP contribution < -0.4 is 5.32 Å². The number of hydrogen-bond acceptors (Lipinski definition) is 3. The molecule has 0 spiro atoms. The van der Waals surface area contributed by atoms with Gasteiger partial charge in [0.15, 0.2) is 0 Å². The largest absolute Gasteiger partial charge is 0.508 e. The lowest BCUT2D eigenvalue weighted by atomic mass is 10.1. The summed E-state index contributed by atoms with van der Waals surface area (Å²) in [5.41, 5.74) is 0.696. The van der Waals surface area contributed by atoms with Crippen LogP contribution in [0, 0.1) is 5.82 Å². The zero-order valence-corrected chi connectivity index (χ0v) is 11.1. The van der Waals surface area contributed by atoms with Gasteiger partial charge in [0.05, 0.1) is 0 Å². The fourth-order valence-electron chi connectivity index (χ4n) is 2.03. The number of imidazole rings is 1. The van der Waals surface area contributed by atoms with Gasteiger partial charge in [0.25, 0.3) is 0 Å². The third kappa shape index (κ3) is 3.32. The van der Waals surface area contributed by atoms with Gasteiger partial charge in [-0.15, -0.1) is 0 Å². The van der Waals surface area contributed by atoms with Crippen LogP contribution in [0.5, 0.6) is 5.75 Å². The molecular formula is C14H18FN3O. The van der Waals surface area contributed by atoms with E-state index in [2.05, 4.69) is 10.3 Å². The minimum absolute atomic E-state index is 0.0167. The number of nitrogens with one attached hydrogen (secondary N) is 1. The fourth-order valence-corrected chi connectivity index (χ4v) is 2.03. The number of rotatable bonds is 5. The van der Waals surface area contributed by atoms with E-state index in [1.807, 2.05) is 24.7 Å². The highest BCUT2D eigenvalue weighted by Crippen LogP contribution is 2.24. The van der Waals surface area contributed by atoms with E-state index in [0.29, 0.717) is 5.56 Å². The molecule has 1 heterocycles. The molecule has 5 heteroatoms. The number of halogens is 1. The van der Waals surface area contributed by atoms with Crippen molar-refractivity contribution in [1.29, 1.82) is 0 Å². The van der Waals surface area contributed by atoms with Crippen molar-refractivity contribution < 1.29 is 9.50 Å². The standard InChI is InChI=1S/C14H18FN3O/c1-10(12-4-3-11(15)9-13(12)19)16-6-5-14-17-7-8-18(14)2/h3-4,7-10,16,19H,5-6H2,1-2H3. The molecule has 1 aromatic carbocycles. The van der Waals surface area contributed by atoms with Crippen LogP contribution in [-0.4, -0.2) is 21.2 Å². The average molecular weight is 263 g/mol. The van der Waals surface area contributed by atoms with Gasteiger partial charge in [-0.25, -0.2) is 9.37 Å². The number of phenols is 1. The molecule has 1 aromatic heterocycles. The topological polar surface area (TPSA) is 50.1 Å². The zero-order chi connectivity index (χ0) is 13.8. The molecule has 0 fully saturated rings. The molecule has 0 aliphatic heterocycles. The highest BCUT2D eigenvalue weighted by molar-refractivity contribution is 5.34. The second kappa shape index (κ2) is 5.84. The van der Waals surface area contributed by atoms with E-state index in [0.717, 1.165) is 24.9 Å². The number of hydrogen-bond donors (Lipinski definition) is 2. The van der Waals surface area contributed by atoms with Crippen molar-refractivity contribution in [2.24, 2.45) is 7.05 Å². The van der Waals surface area contributed by atoms with Gasteiger partial charge in [0, 0.05) is 50.1 Å². The maximum atomic E-state index is 12.9.